The number of nitrogens with zero attached hydrogens (tertiary/aromatic N) is 1. The van der Waals surface area contributed by atoms with Crippen LogP contribution in [0.15, 0.2) is 45.6 Å². The summed E-state index contributed by atoms with van der Waals surface area (Å²) in [6, 6.07) is 11.9. The molecule has 0 spiro atoms. The summed E-state index contributed by atoms with van der Waals surface area (Å²) in [7, 11) is 0. The lowest BCUT2D eigenvalue weighted by molar-refractivity contribution is 0.544. The second-order valence-electron chi connectivity index (χ2n) is 5.90. The third kappa shape index (κ3) is 2.37. The number of aromatic amines is 1. The minimum atomic E-state index is -0.135. The van der Waals surface area contributed by atoms with E-state index in [0.29, 0.717) is 17.0 Å². The topological polar surface area (TPSA) is 58.9 Å². The monoisotopic (exact) mass is 336 g/mol. The Morgan fingerprint density at radius 3 is 2.46 bits per heavy atom. The van der Waals surface area contributed by atoms with Crippen molar-refractivity contribution in [3.8, 4) is 22.7 Å². The van der Waals surface area contributed by atoms with Gasteiger partial charge in [0, 0.05) is 10.4 Å². The molecule has 0 aliphatic heterocycles. The number of aryl methyl sites for hydroxylation is 3. The van der Waals surface area contributed by atoms with Crippen LogP contribution < -0.4 is 5.56 Å². The molecule has 3 heterocycles. The lowest BCUT2D eigenvalue weighted by Gasteiger charge is -2.03. The van der Waals surface area contributed by atoms with Crippen LogP contribution in [0.1, 0.15) is 16.2 Å². The van der Waals surface area contributed by atoms with Crippen LogP contribution in [0, 0.1) is 20.8 Å². The molecule has 3 aromatic heterocycles. The molecule has 1 aromatic carbocycles. The van der Waals surface area contributed by atoms with Crippen molar-refractivity contribution in [2.75, 3.05) is 0 Å². The molecular weight excluding hydrogens is 320 g/mol. The summed E-state index contributed by atoms with van der Waals surface area (Å²) in [6.07, 6.45) is 0. The lowest BCUT2D eigenvalue weighted by atomic mass is 10.0. The number of H-pyrrole nitrogens is 1. The molecule has 5 heteroatoms. The van der Waals surface area contributed by atoms with E-state index in [-0.39, 0.29) is 5.56 Å². The van der Waals surface area contributed by atoms with E-state index >= 15 is 0 Å². The van der Waals surface area contributed by atoms with E-state index in [4.69, 9.17) is 4.42 Å². The molecule has 0 atom stereocenters. The van der Waals surface area contributed by atoms with Crippen LogP contribution in [0.3, 0.4) is 0 Å². The number of rotatable bonds is 2. The van der Waals surface area contributed by atoms with Crippen molar-refractivity contribution < 1.29 is 4.42 Å². The van der Waals surface area contributed by atoms with Crippen LogP contribution in [0.25, 0.3) is 32.9 Å². The molecule has 4 aromatic rings. The molecule has 0 radical (unpaired) electrons. The van der Waals surface area contributed by atoms with Crippen LogP contribution in [-0.2, 0) is 0 Å². The van der Waals surface area contributed by atoms with Crippen LogP contribution in [0.5, 0.6) is 0 Å². The van der Waals surface area contributed by atoms with Gasteiger partial charge < -0.3 is 9.40 Å². The third-order valence-electron chi connectivity index (χ3n) is 4.05. The predicted octanol–water partition coefficient (Wildman–Crippen LogP) is 4.84. The molecule has 0 aliphatic carbocycles. The van der Waals surface area contributed by atoms with Crippen molar-refractivity contribution in [1.82, 2.24) is 9.97 Å². The Bertz CT molecular complexity index is 1100. The summed E-state index contributed by atoms with van der Waals surface area (Å²) in [5.41, 5.74) is 3.06. The number of hydrogen-bond donors (Lipinski definition) is 1. The molecule has 1 N–H and O–H groups in total. The fourth-order valence-corrected chi connectivity index (χ4v) is 3.91. The Kier molecular flexibility index (Phi) is 3.39. The Hall–Kier alpha value is -2.66. The van der Waals surface area contributed by atoms with Gasteiger partial charge in [-0.3, -0.25) is 4.79 Å². The summed E-state index contributed by atoms with van der Waals surface area (Å²) < 4.78 is 5.58. The van der Waals surface area contributed by atoms with Gasteiger partial charge in [0.25, 0.3) is 5.56 Å². The molecule has 4 nitrogen and oxygen atoms in total. The third-order valence-corrected chi connectivity index (χ3v) is 5.05. The van der Waals surface area contributed by atoms with Gasteiger partial charge in [0.1, 0.15) is 10.6 Å². The normalized spacial score (nSPS) is 11.3. The number of furan rings is 1. The van der Waals surface area contributed by atoms with E-state index in [1.165, 1.54) is 16.9 Å². The van der Waals surface area contributed by atoms with Gasteiger partial charge in [-0.25, -0.2) is 4.98 Å². The molecule has 0 aliphatic rings. The predicted molar refractivity (Wildman–Crippen MR) is 97.6 cm³/mol. The van der Waals surface area contributed by atoms with Gasteiger partial charge in [-0.05, 0) is 38.5 Å². The first-order valence-corrected chi connectivity index (χ1v) is 8.52. The van der Waals surface area contributed by atoms with Gasteiger partial charge in [0.2, 0.25) is 0 Å². The summed E-state index contributed by atoms with van der Waals surface area (Å²) in [4.78, 5) is 22.0. The zero-order valence-electron chi connectivity index (χ0n) is 13.6. The van der Waals surface area contributed by atoms with Crippen LogP contribution in [-0.4, -0.2) is 9.97 Å². The van der Waals surface area contributed by atoms with Crippen molar-refractivity contribution >= 4 is 21.6 Å². The van der Waals surface area contributed by atoms with Gasteiger partial charge in [0.05, 0.1) is 5.39 Å². The standard InChI is InChI=1S/C19H16N2O2S/c1-10-4-7-13(8-5-10)15-12(3)24-19-16(15)18(22)20-17(21-19)14-9-6-11(2)23-14/h4-9H,1-3H3,(H,20,21,22). The molecule has 0 saturated heterocycles. The maximum Gasteiger partial charge on any atom is 0.260 e. The number of benzene rings is 1. The van der Waals surface area contributed by atoms with E-state index in [2.05, 4.69) is 22.1 Å². The highest BCUT2D eigenvalue weighted by Gasteiger charge is 2.17. The summed E-state index contributed by atoms with van der Waals surface area (Å²) in [6.45, 7) is 5.94. The smallest absolute Gasteiger partial charge is 0.260 e. The molecule has 0 bridgehead atoms. The van der Waals surface area contributed by atoms with E-state index in [0.717, 1.165) is 26.6 Å². The maximum atomic E-state index is 12.7. The molecule has 0 amide bonds. The van der Waals surface area contributed by atoms with Crippen molar-refractivity contribution in [1.29, 1.82) is 0 Å². The van der Waals surface area contributed by atoms with E-state index in [9.17, 15) is 4.79 Å². The van der Waals surface area contributed by atoms with Crippen LogP contribution in [0.2, 0.25) is 0 Å². The van der Waals surface area contributed by atoms with Crippen molar-refractivity contribution in [3.05, 3.63) is 63.0 Å². The van der Waals surface area contributed by atoms with E-state index in [1.807, 2.05) is 45.0 Å². The van der Waals surface area contributed by atoms with Gasteiger partial charge in [0.15, 0.2) is 11.6 Å². The minimum absolute atomic E-state index is 0.135. The highest BCUT2D eigenvalue weighted by atomic mass is 32.1. The number of thiophene rings is 1. The fraction of sp³-hybridized carbons (Fsp3) is 0.158. The SMILES string of the molecule is Cc1ccc(-c2c(C)sc3nc(-c4ccc(C)o4)[nH]c(=O)c23)cc1. The van der Waals surface area contributed by atoms with Gasteiger partial charge in [-0.2, -0.15) is 0 Å². The maximum absolute atomic E-state index is 12.7. The van der Waals surface area contributed by atoms with E-state index in [1.54, 1.807) is 0 Å². The zero-order valence-corrected chi connectivity index (χ0v) is 14.5. The average Bonchev–Trinajstić information content (AvgIpc) is 3.11. The molecule has 24 heavy (non-hydrogen) atoms. The van der Waals surface area contributed by atoms with Gasteiger partial charge >= 0.3 is 0 Å². The molecule has 0 saturated carbocycles. The second kappa shape index (κ2) is 5.46. The molecular formula is C19H16N2O2S. The highest BCUT2D eigenvalue weighted by Crippen LogP contribution is 2.36. The fourth-order valence-electron chi connectivity index (χ4n) is 2.87. The van der Waals surface area contributed by atoms with Gasteiger partial charge in [-0.15, -0.1) is 11.3 Å². The average molecular weight is 336 g/mol. The highest BCUT2D eigenvalue weighted by molar-refractivity contribution is 7.19. The first-order chi connectivity index (χ1) is 11.5. The minimum Gasteiger partial charge on any atom is -0.458 e. The number of hydrogen-bond acceptors (Lipinski definition) is 4. The summed E-state index contributed by atoms with van der Waals surface area (Å²) in [5.74, 6) is 1.84. The van der Waals surface area contributed by atoms with Crippen LogP contribution in [0.4, 0.5) is 0 Å². The largest absolute Gasteiger partial charge is 0.458 e. The van der Waals surface area contributed by atoms with Crippen molar-refractivity contribution in [2.45, 2.75) is 20.8 Å². The zero-order chi connectivity index (χ0) is 16.8. The lowest BCUT2D eigenvalue weighted by Crippen LogP contribution is -2.08. The summed E-state index contributed by atoms with van der Waals surface area (Å²) in [5, 5.41) is 0.647. The van der Waals surface area contributed by atoms with Gasteiger partial charge in [-0.1, -0.05) is 29.8 Å². The Morgan fingerprint density at radius 2 is 1.79 bits per heavy atom. The first-order valence-electron chi connectivity index (χ1n) is 7.70. The quantitative estimate of drug-likeness (QED) is 0.570. The summed E-state index contributed by atoms with van der Waals surface area (Å²) >= 11 is 1.53. The number of aromatic nitrogens is 2. The Balaban J connectivity index is 1.96. The first kappa shape index (κ1) is 14.9. The Labute approximate surface area is 142 Å². The number of nitrogens with one attached hydrogen (secondary N) is 1. The second-order valence-corrected chi connectivity index (χ2v) is 7.11. The van der Waals surface area contributed by atoms with Crippen molar-refractivity contribution in [3.63, 3.8) is 0 Å². The number of fused-ring (bicyclic) bond motifs is 1. The van der Waals surface area contributed by atoms with Crippen molar-refractivity contribution in [2.24, 2.45) is 0 Å². The molecule has 120 valence electrons. The van der Waals surface area contributed by atoms with Crippen LogP contribution >= 0.6 is 11.3 Å². The molecule has 0 fully saturated rings. The van der Waals surface area contributed by atoms with E-state index < -0.39 is 0 Å². The molecule has 4 rings (SSSR count). The molecule has 0 unspecified atom stereocenters. The Morgan fingerprint density at radius 1 is 1.04 bits per heavy atom.